The molecule has 0 aromatic heterocycles. The monoisotopic (exact) mass is 438 g/mol. The Kier molecular flexibility index (Phi) is 8.01. The average molecular weight is 438 g/mol. The van der Waals surface area contributed by atoms with Gasteiger partial charge in [-0.15, -0.1) is 6.58 Å². The number of nitrogens with one attached hydrogen (secondary N) is 4. The Morgan fingerprint density at radius 2 is 1.60 bits per heavy atom. The van der Waals surface area contributed by atoms with Crippen LogP contribution >= 0.6 is 0 Å². The Morgan fingerprint density at radius 1 is 0.967 bits per heavy atom. The smallest absolute Gasteiger partial charge is 0.319 e. The van der Waals surface area contributed by atoms with E-state index in [1.54, 1.807) is 24.3 Å². The third-order valence-electron chi connectivity index (χ3n) is 3.68. The molecule has 0 radical (unpaired) electrons. The van der Waals surface area contributed by atoms with E-state index in [2.05, 4.69) is 27.3 Å². The van der Waals surface area contributed by atoms with E-state index in [1.165, 1.54) is 6.08 Å². The lowest BCUT2D eigenvalue weighted by Crippen LogP contribution is -2.28. The second-order valence-corrected chi connectivity index (χ2v) is 7.74. The summed E-state index contributed by atoms with van der Waals surface area (Å²) in [5.74, 6) is -2.91. The van der Waals surface area contributed by atoms with Gasteiger partial charge in [0, 0.05) is 30.9 Å². The van der Waals surface area contributed by atoms with Gasteiger partial charge in [0.1, 0.15) is 0 Å². The van der Waals surface area contributed by atoms with Crippen LogP contribution in [0.3, 0.4) is 0 Å². The van der Waals surface area contributed by atoms with Crippen molar-refractivity contribution >= 4 is 33.3 Å². The van der Waals surface area contributed by atoms with Crippen LogP contribution in [0.5, 0.6) is 0 Å². The van der Waals surface area contributed by atoms with E-state index in [1.807, 2.05) is 0 Å². The molecule has 160 valence electrons. The van der Waals surface area contributed by atoms with Crippen molar-refractivity contribution in [2.75, 3.05) is 23.7 Å². The van der Waals surface area contributed by atoms with Crippen molar-refractivity contribution in [3.05, 3.63) is 66.8 Å². The van der Waals surface area contributed by atoms with Crippen LogP contribution in [-0.4, -0.2) is 33.4 Å². The Bertz CT molecular complexity index is 1030. The summed E-state index contributed by atoms with van der Waals surface area (Å²) in [4.78, 5) is 23.1. The number of sulfonamides is 1. The molecule has 2 aromatic carbocycles. The number of benzene rings is 2. The van der Waals surface area contributed by atoms with Crippen LogP contribution in [0.25, 0.3) is 0 Å². The maximum atomic E-state index is 13.2. The first-order valence-corrected chi connectivity index (χ1v) is 10.2. The molecule has 0 aliphatic carbocycles. The Labute approximate surface area is 172 Å². The van der Waals surface area contributed by atoms with Crippen LogP contribution in [0.2, 0.25) is 0 Å². The van der Waals surface area contributed by atoms with Crippen LogP contribution in [0, 0.1) is 11.6 Å². The normalized spacial score (nSPS) is 10.9. The van der Waals surface area contributed by atoms with Crippen molar-refractivity contribution in [2.45, 2.75) is 11.3 Å². The topological polar surface area (TPSA) is 116 Å². The number of rotatable bonds is 9. The van der Waals surface area contributed by atoms with Crippen LogP contribution in [0.1, 0.15) is 6.42 Å². The molecule has 0 aliphatic heterocycles. The molecule has 30 heavy (non-hydrogen) atoms. The maximum Gasteiger partial charge on any atom is 0.319 e. The van der Waals surface area contributed by atoms with Crippen molar-refractivity contribution < 1.29 is 26.8 Å². The first-order chi connectivity index (χ1) is 14.2. The molecule has 0 aliphatic rings. The number of amides is 3. The molecule has 0 saturated heterocycles. The SMILES string of the molecule is C=CCNC(=O)Nc1ccc(NC(=O)CCNS(=O)(=O)c2ccc(F)c(F)c2)cc1. The largest absolute Gasteiger partial charge is 0.334 e. The molecule has 3 amide bonds. The summed E-state index contributed by atoms with van der Waals surface area (Å²) in [6.07, 6.45) is 1.35. The van der Waals surface area contributed by atoms with Gasteiger partial charge in [0.15, 0.2) is 11.6 Å². The van der Waals surface area contributed by atoms with Crippen LogP contribution in [0.15, 0.2) is 60.0 Å². The highest BCUT2D eigenvalue weighted by molar-refractivity contribution is 7.89. The quantitative estimate of drug-likeness (QED) is 0.450. The highest BCUT2D eigenvalue weighted by Gasteiger charge is 2.16. The Morgan fingerprint density at radius 3 is 2.20 bits per heavy atom. The van der Waals surface area contributed by atoms with Gasteiger partial charge >= 0.3 is 6.03 Å². The predicted octanol–water partition coefficient (Wildman–Crippen LogP) is 2.58. The number of urea groups is 1. The van der Waals surface area contributed by atoms with Gasteiger partial charge in [0.05, 0.1) is 4.90 Å². The van der Waals surface area contributed by atoms with Crippen molar-refractivity contribution in [2.24, 2.45) is 0 Å². The molecule has 0 fully saturated rings. The summed E-state index contributed by atoms with van der Waals surface area (Å²) in [6, 6.07) is 8.07. The number of carbonyl (C=O) groups excluding carboxylic acids is 2. The average Bonchev–Trinajstić information content (AvgIpc) is 2.69. The van der Waals surface area contributed by atoms with Crippen molar-refractivity contribution in [3.63, 3.8) is 0 Å². The first-order valence-electron chi connectivity index (χ1n) is 8.71. The van der Waals surface area contributed by atoms with Gasteiger partial charge in [0.25, 0.3) is 0 Å². The highest BCUT2D eigenvalue weighted by Crippen LogP contribution is 2.15. The summed E-state index contributed by atoms with van der Waals surface area (Å²) in [5, 5.41) is 7.72. The van der Waals surface area contributed by atoms with Crippen molar-refractivity contribution in [3.8, 4) is 0 Å². The standard InChI is InChI=1S/C19H20F2N4O4S/c1-2-10-22-19(27)25-14-5-3-13(4-6-14)24-18(26)9-11-23-30(28,29)15-7-8-16(20)17(21)12-15/h2-8,12,23H,1,9-11H2,(H,24,26)(H2,22,25,27). The number of hydrogen-bond donors (Lipinski definition) is 4. The van der Waals surface area contributed by atoms with E-state index in [0.717, 1.165) is 6.07 Å². The van der Waals surface area contributed by atoms with Gasteiger partial charge in [0.2, 0.25) is 15.9 Å². The number of carbonyl (C=O) groups is 2. The lowest BCUT2D eigenvalue weighted by Gasteiger charge is -2.09. The van der Waals surface area contributed by atoms with Gasteiger partial charge in [-0.3, -0.25) is 4.79 Å². The van der Waals surface area contributed by atoms with Crippen molar-refractivity contribution in [1.82, 2.24) is 10.0 Å². The molecule has 0 spiro atoms. The van der Waals surface area contributed by atoms with Crippen LogP contribution in [0.4, 0.5) is 25.0 Å². The fourth-order valence-electron chi connectivity index (χ4n) is 2.23. The third kappa shape index (κ3) is 6.94. The maximum absolute atomic E-state index is 13.2. The molecule has 0 bridgehead atoms. The summed E-state index contributed by atoms with van der Waals surface area (Å²) in [5.41, 5.74) is 0.953. The van der Waals surface area contributed by atoms with Gasteiger partial charge in [-0.05, 0) is 42.5 Å². The number of halogens is 2. The lowest BCUT2D eigenvalue weighted by atomic mass is 10.2. The molecule has 2 aromatic rings. The molecule has 4 N–H and O–H groups in total. The van der Waals surface area contributed by atoms with E-state index < -0.39 is 38.5 Å². The van der Waals surface area contributed by atoms with Gasteiger partial charge in [-0.2, -0.15) is 0 Å². The third-order valence-corrected chi connectivity index (χ3v) is 5.14. The zero-order valence-electron chi connectivity index (χ0n) is 15.7. The second kappa shape index (κ2) is 10.5. The predicted molar refractivity (Wildman–Crippen MR) is 108 cm³/mol. The van der Waals surface area contributed by atoms with E-state index >= 15 is 0 Å². The fourth-order valence-corrected chi connectivity index (χ4v) is 3.27. The van der Waals surface area contributed by atoms with Gasteiger partial charge < -0.3 is 16.0 Å². The molecule has 0 saturated carbocycles. The molecule has 0 unspecified atom stereocenters. The number of anilines is 2. The Balaban J connectivity index is 1.82. The molecule has 0 heterocycles. The summed E-state index contributed by atoms with van der Waals surface area (Å²) in [6.45, 7) is 3.57. The number of hydrogen-bond acceptors (Lipinski definition) is 4. The molecule has 8 nitrogen and oxygen atoms in total. The van der Waals surface area contributed by atoms with E-state index in [-0.39, 0.29) is 13.0 Å². The minimum absolute atomic E-state index is 0.188. The first kappa shape index (κ1) is 23.0. The van der Waals surface area contributed by atoms with E-state index in [0.29, 0.717) is 30.1 Å². The zero-order valence-corrected chi connectivity index (χ0v) is 16.6. The Hall–Kier alpha value is -3.31. The van der Waals surface area contributed by atoms with Gasteiger partial charge in [-0.1, -0.05) is 6.08 Å². The molecule has 2 rings (SSSR count). The van der Waals surface area contributed by atoms with Crippen LogP contribution < -0.4 is 20.7 Å². The van der Waals surface area contributed by atoms with Crippen molar-refractivity contribution in [1.29, 1.82) is 0 Å². The van der Waals surface area contributed by atoms with Crippen LogP contribution in [-0.2, 0) is 14.8 Å². The van der Waals surface area contributed by atoms with E-state index in [4.69, 9.17) is 0 Å². The minimum Gasteiger partial charge on any atom is -0.334 e. The minimum atomic E-state index is -4.08. The fraction of sp³-hybridized carbons (Fsp3) is 0.158. The summed E-state index contributed by atoms with van der Waals surface area (Å²) >= 11 is 0. The molecule has 11 heteroatoms. The highest BCUT2D eigenvalue weighted by atomic mass is 32.2. The zero-order chi connectivity index (χ0) is 22.1. The summed E-state index contributed by atoms with van der Waals surface area (Å²) in [7, 11) is -4.08. The molecular weight excluding hydrogens is 418 g/mol. The van der Waals surface area contributed by atoms with E-state index in [9.17, 15) is 26.8 Å². The second-order valence-electron chi connectivity index (χ2n) is 5.97. The van der Waals surface area contributed by atoms with Gasteiger partial charge in [-0.25, -0.2) is 26.7 Å². The lowest BCUT2D eigenvalue weighted by molar-refractivity contribution is -0.116. The molecule has 0 atom stereocenters. The summed E-state index contributed by atoms with van der Waals surface area (Å²) < 4.78 is 52.4. The molecular formula is C19H20F2N4O4S.